The average molecular weight is 492 g/mol. The van der Waals surface area contributed by atoms with Crippen molar-refractivity contribution in [1.29, 1.82) is 0 Å². The molecule has 0 radical (unpaired) electrons. The maximum atomic E-state index is 12.1. The highest BCUT2D eigenvalue weighted by molar-refractivity contribution is 6.39. The van der Waals surface area contributed by atoms with E-state index in [1.807, 2.05) is 0 Å². The summed E-state index contributed by atoms with van der Waals surface area (Å²) in [5, 5.41) is 8.72. The summed E-state index contributed by atoms with van der Waals surface area (Å²) in [6, 6.07) is 15.7. The topological polar surface area (TPSA) is 148 Å². The Morgan fingerprint density at radius 1 is 0.917 bits per heavy atom. The zero-order chi connectivity index (χ0) is 25.9. The minimum Gasteiger partial charge on any atom is -0.497 e. The fourth-order valence-corrected chi connectivity index (χ4v) is 2.86. The van der Waals surface area contributed by atoms with Crippen molar-refractivity contribution in [3.63, 3.8) is 0 Å². The second kappa shape index (κ2) is 12.5. The smallest absolute Gasteiger partial charge is 0.338 e. The molecule has 1 heterocycles. The fourth-order valence-electron chi connectivity index (χ4n) is 2.86. The summed E-state index contributed by atoms with van der Waals surface area (Å²) >= 11 is 0. The van der Waals surface area contributed by atoms with Gasteiger partial charge >= 0.3 is 17.8 Å². The van der Waals surface area contributed by atoms with E-state index < -0.39 is 23.7 Å². The van der Waals surface area contributed by atoms with E-state index in [0.717, 1.165) is 0 Å². The Balaban J connectivity index is 1.44. The van der Waals surface area contributed by atoms with Crippen LogP contribution in [0.3, 0.4) is 0 Å². The van der Waals surface area contributed by atoms with Crippen molar-refractivity contribution in [2.24, 2.45) is 5.10 Å². The molecule has 11 nitrogen and oxygen atoms in total. The van der Waals surface area contributed by atoms with Crippen molar-refractivity contribution in [2.45, 2.75) is 13.5 Å². The third kappa shape index (κ3) is 7.29. The number of nitrogens with zero attached hydrogens (tertiary/aromatic N) is 1. The van der Waals surface area contributed by atoms with Gasteiger partial charge in [-0.2, -0.15) is 5.10 Å². The molecule has 3 amide bonds. The number of amides is 3. The molecule has 0 saturated heterocycles. The molecule has 0 fully saturated rings. The van der Waals surface area contributed by atoms with Crippen molar-refractivity contribution in [2.75, 3.05) is 19.0 Å². The highest BCUT2D eigenvalue weighted by Crippen LogP contribution is 2.12. The van der Waals surface area contributed by atoms with E-state index in [9.17, 15) is 19.2 Å². The maximum Gasteiger partial charge on any atom is 0.338 e. The molecule has 1 aromatic heterocycles. The number of ether oxygens (including phenoxy) is 2. The normalized spacial score (nSPS) is 10.5. The van der Waals surface area contributed by atoms with E-state index >= 15 is 0 Å². The lowest BCUT2D eigenvalue weighted by Crippen LogP contribution is -2.34. The molecule has 0 bridgehead atoms. The number of rotatable bonds is 9. The molecular formula is C25H24N4O7. The molecule has 3 rings (SSSR count). The Morgan fingerprint density at radius 3 is 2.28 bits per heavy atom. The summed E-state index contributed by atoms with van der Waals surface area (Å²) in [4.78, 5) is 47.9. The SMILES string of the molecule is CCOC(=O)c1ccc(NC(=O)C(=O)NCc2ccc(/C=N\NC(=O)c3ccc(OC)cc3)o2)cc1. The number of anilines is 1. The molecular weight excluding hydrogens is 468 g/mol. The van der Waals surface area contributed by atoms with Gasteiger partial charge in [0.1, 0.15) is 17.3 Å². The summed E-state index contributed by atoms with van der Waals surface area (Å²) in [6.45, 7) is 1.91. The molecule has 0 aliphatic heterocycles. The zero-order valence-electron chi connectivity index (χ0n) is 19.6. The number of esters is 1. The van der Waals surface area contributed by atoms with Gasteiger partial charge in [0.2, 0.25) is 0 Å². The molecule has 0 aliphatic rings. The van der Waals surface area contributed by atoms with Gasteiger partial charge < -0.3 is 24.5 Å². The average Bonchev–Trinajstić information content (AvgIpc) is 3.35. The first-order chi connectivity index (χ1) is 17.4. The van der Waals surface area contributed by atoms with Crippen LogP contribution in [0.5, 0.6) is 5.75 Å². The van der Waals surface area contributed by atoms with Crippen LogP contribution in [0.4, 0.5) is 5.69 Å². The first-order valence-corrected chi connectivity index (χ1v) is 10.8. The predicted octanol–water partition coefficient (Wildman–Crippen LogP) is 2.48. The number of furan rings is 1. The van der Waals surface area contributed by atoms with Gasteiger partial charge in [0.15, 0.2) is 0 Å². The Kier molecular flexibility index (Phi) is 8.93. The fraction of sp³-hybridized carbons (Fsp3) is 0.160. The number of hydrogen-bond acceptors (Lipinski definition) is 8. The molecule has 36 heavy (non-hydrogen) atoms. The molecule has 3 N–H and O–H groups in total. The van der Waals surface area contributed by atoms with Gasteiger partial charge in [-0.05, 0) is 67.6 Å². The third-order valence-electron chi connectivity index (χ3n) is 4.68. The lowest BCUT2D eigenvalue weighted by Gasteiger charge is -2.06. The molecule has 0 unspecified atom stereocenters. The van der Waals surface area contributed by atoms with Crippen LogP contribution in [0.2, 0.25) is 0 Å². The number of hydrazone groups is 1. The lowest BCUT2D eigenvalue weighted by molar-refractivity contribution is -0.136. The van der Waals surface area contributed by atoms with Gasteiger partial charge in [-0.25, -0.2) is 10.2 Å². The molecule has 0 aliphatic carbocycles. The Labute approximate surface area is 206 Å². The first-order valence-electron chi connectivity index (χ1n) is 10.8. The van der Waals surface area contributed by atoms with E-state index in [4.69, 9.17) is 13.9 Å². The Bertz CT molecular complexity index is 1250. The molecule has 0 spiro atoms. The summed E-state index contributed by atoms with van der Waals surface area (Å²) < 4.78 is 15.4. The molecule has 11 heteroatoms. The summed E-state index contributed by atoms with van der Waals surface area (Å²) in [5.74, 6) is -1.30. The summed E-state index contributed by atoms with van der Waals surface area (Å²) in [6.07, 6.45) is 1.30. The standard InChI is InChI=1S/C25H24N4O7/c1-3-35-25(33)17-4-8-18(9-5-17)28-24(32)23(31)26-14-20-12-13-21(36-20)15-27-29-22(30)16-6-10-19(34-2)11-7-16/h4-13,15H,3,14H2,1-2H3,(H,26,31)(H,28,32)(H,29,30)/b27-15-. The van der Waals surface area contributed by atoms with Gasteiger partial charge in [-0.1, -0.05) is 0 Å². The van der Waals surface area contributed by atoms with Crippen molar-refractivity contribution in [1.82, 2.24) is 10.7 Å². The number of methoxy groups -OCH3 is 1. The number of nitrogens with one attached hydrogen (secondary N) is 3. The third-order valence-corrected chi connectivity index (χ3v) is 4.68. The minimum atomic E-state index is -0.881. The van der Waals surface area contributed by atoms with Gasteiger partial charge in [0, 0.05) is 11.3 Å². The van der Waals surface area contributed by atoms with E-state index in [1.54, 1.807) is 43.3 Å². The van der Waals surface area contributed by atoms with E-state index in [0.29, 0.717) is 34.1 Å². The van der Waals surface area contributed by atoms with Crippen LogP contribution in [-0.2, 0) is 20.9 Å². The molecule has 2 aromatic carbocycles. The van der Waals surface area contributed by atoms with Crippen molar-refractivity contribution < 1.29 is 33.1 Å². The Hall–Kier alpha value is -4.93. The molecule has 0 atom stereocenters. The minimum absolute atomic E-state index is 0.0416. The summed E-state index contributed by atoms with van der Waals surface area (Å²) in [5.41, 5.74) is 3.46. The van der Waals surface area contributed by atoms with Crippen molar-refractivity contribution in [3.8, 4) is 5.75 Å². The van der Waals surface area contributed by atoms with Gasteiger partial charge in [-0.15, -0.1) is 0 Å². The highest BCUT2D eigenvalue weighted by Gasteiger charge is 2.15. The molecule has 186 valence electrons. The Morgan fingerprint density at radius 2 is 1.61 bits per heavy atom. The zero-order valence-corrected chi connectivity index (χ0v) is 19.6. The monoisotopic (exact) mass is 492 g/mol. The van der Waals surface area contributed by atoms with Gasteiger partial charge in [-0.3, -0.25) is 14.4 Å². The van der Waals surface area contributed by atoms with Crippen LogP contribution < -0.4 is 20.8 Å². The van der Waals surface area contributed by atoms with Crippen LogP contribution >= 0.6 is 0 Å². The number of benzene rings is 2. The number of carbonyl (C=O) groups excluding carboxylic acids is 4. The van der Waals surface area contributed by atoms with Gasteiger partial charge in [0.25, 0.3) is 5.91 Å². The molecule has 0 saturated carbocycles. The largest absolute Gasteiger partial charge is 0.497 e. The highest BCUT2D eigenvalue weighted by atomic mass is 16.5. The lowest BCUT2D eigenvalue weighted by atomic mass is 10.2. The van der Waals surface area contributed by atoms with Crippen LogP contribution in [-0.4, -0.2) is 43.6 Å². The van der Waals surface area contributed by atoms with Crippen molar-refractivity contribution in [3.05, 3.63) is 83.3 Å². The van der Waals surface area contributed by atoms with Crippen LogP contribution in [0.25, 0.3) is 0 Å². The maximum absolute atomic E-state index is 12.1. The predicted molar refractivity (Wildman–Crippen MR) is 130 cm³/mol. The number of hydrogen-bond donors (Lipinski definition) is 3. The van der Waals surface area contributed by atoms with Gasteiger partial charge in [0.05, 0.1) is 32.0 Å². The number of carbonyl (C=O) groups is 4. The summed E-state index contributed by atoms with van der Waals surface area (Å²) in [7, 11) is 1.53. The van der Waals surface area contributed by atoms with Crippen LogP contribution in [0, 0.1) is 0 Å². The quantitative estimate of drug-likeness (QED) is 0.180. The van der Waals surface area contributed by atoms with Crippen LogP contribution in [0.1, 0.15) is 39.2 Å². The first kappa shape index (κ1) is 25.7. The van der Waals surface area contributed by atoms with E-state index in [1.165, 1.54) is 37.6 Å². The van der Waals surface area contributed by atoms with E-state index in [-0.39, 0.29) is 13.2 Å². The second-order valence-corrected chi connectivity index (χ2v) is 7.17. The second-order valence-electron chi connectivity index (χ2n) is 7.17. The van der Waals surface area contributed by atoms with Crippen molar-refractivity contribution >= 4 is 35.6 Å². The molecule has 3 aromatic rings. The van der Waals surface area contributed by atoms with E-state index in [2.05, 4.69) is 21.2 Å². The van der Waals surface area contributed by atoms with Crippen LogP contribution in [0.15, 0.2) is 70.2 Å².